The molecule has 8 heteroatoms. The summed E-state index contributed by atoms with van der Waals surface area (Å²) < 4.78 is 24.4. The fourth-order valence-electron chi connectivity index (χ4n) is 2.29. The molecule has 1 unspecified atom stereocenters. The van der Waals surface area contributed by atoms with Crippen molar-refractivity contribution in [2.45, 2.75) is 18.1 Å². The quantitative estimate of drug-likeness (QED) is 0.867. The molecule has 1 amide bonds. The van der Waals surface area contributed by atoms with Crippen molar-refractivity contribution in [2.24, 2.45) is 12.2 Å². The Balaban J connectivity index is 2.18. The summed E-state index contributed by atoms with van der Waals surface area (Å²) >= 11 is 5.84. The van der Waals surface area contributed by atoms with Crippen LogP contribution in [0.5, 0.6) is 0 Å². The zero-order valence-electron chi connectivity index (χ0n) is 10.5. The maximum atomic E-state index is 12.3. The molecule has 2 N–H and O–H groups in total. The van der Waals surface area contributed by atoms with E-state index < -0.39 is 15.3 Å². The number of carbonyl (C=O) groups is 1. The molecule has 0 aromatic carbocycles. The first-order chi connectivity index (χ1) is 8.79. The fourth-order valence-corrected chi connectivity index (χ4v) is 3.42. The maximum Gasteiger partial charge on any atom is 0.270 e. The van der Waals surface area contributed by atoms with Gasteiger partial charge in [0.25, 0.3) is 5.91 Å². The molecule has 1 aromatic heterocycles. The van der Waals surface area contributed by atoms with Crippen LogP contribution in [0, 0.1) is 0 Å². The number of likely N-dealkylation sites (tertiary alicyclic amines) is 1. The van der Waals surface area contributed by atoms with Crippen LogP contribution in [0.1, 0.15) is 23.3 Å². The Morgan fingerprint density at radius 1 is 1.53 bits per heavy atom. The Morgan fingerprint density at radius 2 is 2.21 bits per heavy atom. The number of nitrogens with two attached hydrogens (primary N) is 1. The summed E-state index contributed by atoms with van der Waals surface area (Å²) in [6.45, 7) is 0.675. The van der Waals surface area contributed by atoms with Crippen LogP contribution < -0.4 is 5.14 Å². The number of halogens is 1. The van der Waals surface area contributed by atoms with Gasteiger partial charge in [-0.25, -0.2) is 13.6 Å². The number of hydrogen-bond acceptors (Lipinski definition) is 3. The smallest absolute Gasteiger partial charge is 0.270 e. The number of aromatic nitrogens is 1. The molecule has 1 aliphatic rings. The van der Waals surface area contributed by atoms with Crippen molar-refractivity contribution < 1.29 is 13.2 Å². The second-order valence-corrected chi connectivity index (χ2v) is 7.04. The zero-order chi connectivity index (χ0) is 14.2. The Bertz CT molecular complexity index is 596. The van der Waals surface area contributed by atoms with Crippen LogP contribution in [0.25, 0.3) is 0 Å². The van der Waals surface area contributed by atoms with E-state index >= 15 is 0 Å². The number of primary sulfonamides is 1. The van der Waals surface area contributed by atoms with E-state index in [1.165, 1.54) is 4.90 Å². The summed E-state index contributed by atoms with van der Waals surface area (Å²) in [6.07, 6.45) is 2.76. The lowest BCUT2D eigenvalue weighted by Crippen LogP contribution is -2.47. The maximum absolute atomic E-state index is 12.3. The van der Waals surface area contributed by atoms with Crippen molar-refractivity contribution in [3.05, 3.63) is 23.0 Å². The largest absolute Gasteiger partial charge is 0.345 e. The molecule has 1 atom stereocenters. The summed E-state index contributed by atoms with van der Waals surface area (Å²) in [5.41, 5.74) is 0.445. The van der Waals surface area contributed by atoms with Crippen LogP contribution >= 0.6 is 11.6 Å². The Labute approximate surface area is 117 Å². The van der Waals surface area contributed by atoms with E-state index in [4.69, 9.17) is 16.7 Å². The van der Waals surface area contributed by atoms with Crippen molar-refractivity contribution >= 4 is 27.5 Å². The van der Waals surface area contributed by atoms with E-state index in [1.54, 1.807) is 23.9 Å². The number of carbonyl (C=O) groups excluding carboxylic acids is 1. The third kappa shape index (κ3) is 3.10. The molecule has 1 fully saturated rings. The molecule has 6 nitrogen and oxygen atoms in total. The van der Waals surface area contributed by atoms with Crippen molar-refractivity contribution in [3.63, 3.8) is 0 Å². The molecule has 1 saturated heterocycles. The number of piperidine rings is 1. The predicted octanol–water partition coefficient (Wildman–Crippen LogP) is 0.572. The van der Waals surface area contributed by atoms with Crippen molar-refractivity contribution in [3.8, 4) is 0 Å². The minimum absolute atomic E-state index is 0.139. The number of rotatable bonds is 2. The minimum Gasteiger partial charge on any atom is -0.345 e. The summed E-state index contributed by atoms with van der Waals surface area (Å²) in [5, 5.41) is 4.95. The third-order valence-corrected chi connectivity index (χ3v) is 4.84. The molecule has 1 aliphatic heterocycles. The highest BCUT2D eigenvalue weighted by Gasteiger charge is 2.31. The third-order valence-electron chi connectivity index (χ3n) is 3.32. The molecule has 0 radical (unpaired) electrons. The fraction of sp³-hybridized carbons (Fsp3) is 0.545. The van der Waals surface area contributed by atoms with Gasteiger partial charge in [0.2, 0.25) is 10.0 Å². The molecule has 0 aliphatic carbocycles. The number of sulfonamides is 1. The average molecular weight is 306 g/mol. The Hall–Kier alpha value is -1.05. The minimum atomic E-state index is -3.61. The first-order valence-corrected chi connectivity index (χ1v) is 7.90. The van der Waals surface area contributed by atoms with Gasteiger partial charge in [-0.05, 0) is 18.9 Å². The van der Waals surface area contributed by atoms with Gasteiger partial charge in [0.15, 0.2) is 0 Å². The molecule has 2 rings (SSSR count). The predicted molar refractivity (Wildman–Crippen MR) is 72.5 cm³/mol. The molecule has 0 spiro atoms. The molecule has 0 bridgehead atoms. The van der Waals surface area contributed by atoms with Gasteiger partial charge in [0.1, 0.15) is 5.69 Å². The van der Waals surface area contributed by atoms with Crippen LogP contribution in [0.3, 0.4) is 0 Å². The molecular formula is C11H16ClN3O3S. The van der Waals surface area contributed by atoms with E-state index in [1.807, 2.05) is 0 Å². The number of nitrogens with zero attached hydrogens (tertiary/aromatic N) is 2. The summed E-state index contributed by atoms with van der Waals surface area (Å²) in [6, 6.07) is 1.57. The lowest BCUT2D eigenvalue weighted by atomic mass is 10.1. The highest BCUT2D eigenvalue weighted by atomic mass is 35.5. The Kier molecular flexibility index (Phi) is 3.89. The van der Waals surface area contributed by atoms with E-state index in [9.17, 15) is 13.2 Å². The molecule has 1 aromatic rings. The summed E-state index contributed by atoms with van der Waals surface area (Å²) in [7, 11) is -1.88. The van der Waals surface area contributed by atoms with E-state index in [-0.39, 0.29) is 12.5 Å². The van der Waals surface area contributed by atoms with Crippen LogP contribution in [-0.4, -0.2) is 42.1 Å². The lowest BCUT2D eigenvalue weighted by Gasteiger charge is -2.31. The number of amides is 1. The van der Waals surface area contributed by atoms with Crippen LogP contribution in [-0.2, 0) is 17.1 Å². The summed E-state index contributed by atoms with van der Waals surface area (Å²) in [4.78, 5) is 13.8. The topological polar surface area (TPSA) is 85.4 Å². The molecule has 0 saturated carbocycles. The normalized spacial score (nSPS) is 20.6. The molecule has 106 valence electrons. The van der Waals surface area contributed by atoms with Gasteiger partial charge in [-0.15, -0.1) is 0 Å². The standard InChI is InChI=1S/C11H16ClN3O3S/c1-14-6-8(12)5-10(14)11(16)15-4-2-3-9(7-15)19(13,17)18/h5-6,9H,2-4,7H2,1H3,(H2,13,17,18). The van der Waals surface area contributed by atoms with Gasteiger partial charge >= 0.3 is 0 Å². The highest BCUT2D eigenvalue weighted by Crippen LogP contribution is 2.20. The van der Waals surface area contributed by atoms with E-state index in [0.717, 1.165) is 0 Å². The van der Waals surface area contributed by atoms with Gasteiger partial charge < -0.3 is 9.47 Å². The Morgan fingerprint density at radius 3 is 2.74 bits per heavy atom. The van der Waals surface area contributed by atoms with Crippen molar-refractivity contribution in [1.82, 2.24) is 9.47 Å². The van der Waals surface area contributed by atoms with Crippen LogP contribution in [0.15, 0.2) is 12.3 Å². The number of hydrogen-bond donors (Lipinski definition) is 1. The van der Waals surface area contributed by atoms with Gasteiger partial charge in [-0.3, -0.25) is 4.79 Å². The van der Waals surface area contributed by atoms with E-state index in [2.05, 4.69) is 0 Å². The lowest BCUT2D eigenvalue weighted by molar-refractivity contribution is 0.0717. The van der Waals surface area contributed by atoms with Gasteiger partial charge in [-0.2, -0.15) is 0 Å². The van der Waals surface area contributed by atoms with Gasteiger partial charge in [0, 0.05) is 26.3 Å². The summed E-state index contributed by atoms with van der Waals surface area (Å²) in [5.74, 6) is -0.220. The first kappa shape index (κ1) is 14.4. The van der Waals surface area contributed by atoms with Crippen molar-refractivity contribution in [1.29, 1.82) is 0 Å². The van der Waals surface area contributed by atoms with Crippen LogP contribution in [0.4, 0.5) is 0 Å². The van der Waals surface area contributed by atoms with Crippen LogP contribution in [0.2, 0.25) is 5.02 Å². The first-order valence-electron chi connectivity index (χ1n) is 5.92. The monoisotopic (exact) mass is 305 g/mol. The van der Waals surface area contributed by atoms with Gasteiger partial charge in [0.05, 0.1) is 10.3 Å². The zero-order valence-corrected chi connectivity index (χ0v) is 12.1. The second-order valence-electron chi connectivity index (χ2n) is 4.76. The van der Waals surface area contributed by atoms with E-state index in [0.29, 0.717) is 30.1 Å². The second kappa shape index (κ2) is 5.15. The van der Waals surface area contributed by atoms with Gasteiger partial charge in [-0.1, -0.05) is 11.6 Å². The molecular weight excluding hydrogens is 290 g/mol. The SMILES string of the molecule is Cn1cc(Cl)cc1C(=O)N1CCCC(S(N)(=O)=O)C1. The highest BCUT2D eigenvalue weighted by molar-refractivity contribution is 7.89. The number of aryl methyl sites for hydroxylation is 1. The molecule has 19 heavy (non-hydrogen) atoms. The average Bonchev–Trinajstić information content (AvgIpc) is 2.66. The van der Waals surface area contributed by atoms with Crippen molar-refractivity contribution in [2.75, 3.05) is 13.1 Å². The molecule has 2 heterocycles.